The third-order valence-corrected chi connectivity index (χ3v) is 4.98. The highest BCUT2D eigenvalue weighted by Gasteiger charge is 2.02. The highest BCUT2D eigenvalue weighted by molar-refractivity contribution is 5.04. The first-order valence-corrected chi connectivity index (χ1v) is 10.8. The van der Waals surface area contributed by atoms with Crippen LogP contribution in [0.15, 0.2) is 24.5 Å². The van der Waals surface area contributed by atoms with Crippen LogP contribution in [0.4, 0.5) is 0 Å². The molecule has 0 spiro atoms. The lowest BCUT2D eigenvalue weighted by Crippen LogP contribution is -2.33. The molecular formula is C23H42N+. The molecule has 0 fully saturated rings. The second-order valence-corrected chi connectivity index (χ2v) is 7.44. The Morgan fingerprint density at radius 2 is 1.21 bits per heavy atom. The van der Waals surface area contributed by atoms with Gasteiger partial charge in [0.05, 0.1) is 0 Å². The van der Waals surface area contributed by atoms with Gasteiger partial charge in [0.1, 0.15) is 6.54 Å². The second kappa shape index (κ2) is 15.7. The van der Waals surface area contributed by atoms with Gasteiger partial charge in [-0.3, -0.25) is 0 Å². The summed E-state index contributed by atoms with van der Waals surface area (Å²) in [5, 5.41) is 0. The monoisotopic (exact) mass is 332 g/mol. The average molecular weight is 333 g/mol. The zero-order valence-corrected chi connectivity index (χ0v) is 16.6. The molecule has 0 unspecified atom stereocenters. The Labute approximate surface area is 151 Å². The minimum atomic E-state index is 1.19. The topological polar surface area (TPSA) is 3.88 Å². The van der Waals surface area contributed by atoms with Crippen LogP contribution in [0.1, 0.15) is 109 Å². The van der Waals surface area contributed by atoms with Crippen molar-refractivity contribution in [3.63, 3.8) is 0 Å². The smallest absolute Gasteiger partial charge is 0.171 e. The molecule has 138 valence electrons. The van der Waals surface area contributed by atoms with E-state index in [0.29, 0.717) is 0 Å². The van der Waals surface area contributed by atoms with Crippen molar-refractivity contribution in [2.75, 3.05) is 0 Å². The van der Waals surface area contributed by atoms with Gasteiger partial charge in [-0.15, -0.1) is 0 Å². The van der Waals surface area contributed by atoms with Crippen molar-refractivity contribution in [1.82, 2.24) is 0 Å². The van der Waals surface area contributed by atoms with E-state index in [0.717, 1.165) is 0 Å². The lowest BCUT2D eigenvalue weighted by Gasteiger charge is -2.03. The first-order valence-electron chi connectivity index (χ1n) is 10.8. The maximum absolute atomic E-state index is 2.38. The number of hydrogen-bond donors (Lipinski definition) is 0. The van der Waals surface area contributed by atoms with Gasteiger partial charge in [0, 0.05) is 18.1 Å². The molecule has 0 saturated carbocycles. The third kappa shape index (κ3) is 11.6. The van der Waals surface area contributed by atoms with Crippen molar-refractivity contribution >= 4 is 0 Å². The number of aryl methyl sites for hydroxylation is 2. The minimum Gasteiger partial charge on any atom is -0.205 e. The van der Waals surface area contributed by atoms with E-state index >= 15 is 0 Å². The second-order valence-electron chi connectivity index (χ2n) is 7.44. The van der Waals surface area contributed by atoms with Gasteiger partial charge >= 0.3 is 0 Å². The number of unbranched alkanes of at least 4 members (excludes halogenated alkanes) is 12. The number of rotatable bonds is 16. The standard InChI is InChI=1S/C23H42N/c1-3-5-6-7-8-9-10-11-12-13-14-15-16-20-24-21-17-19-23(22-24)18-4-2/h17,19,21-22H,3-16,18,20H2,1-2H3/q+1. The largest absolute Gasteiger partial charge is 0.205 e. The number of pyridine rings is 1. The summed E-state index contributed by atoms with van der Waals surface area (Å²) in [6.07, 6.45) is 25.6. The Morgan fingerprint density at radius 1 is 0.667 bits per heavy atom. The highest BCUT2D eigenvalue weighted by Crippen LogP contribution is 2.12. The van der Waals surface area contributed by atoms with Crippen molar-refractivity contribution in [1.29, 1.82) is 0 Å². The Hall–Kier alpha value is -0.850. The molecule has 1 aromatic rings. The predicted octanol–water partition coefficient (Wildman–Crippen LogP) is 7.02. The molecule has 0 N–H and O–H groups in total. The van der Waals surface area contributed by atoms with Crippen LogP contribution in [0.3, 0.4) is 0 Å². The van der Waals surface area contributed by atoms with Gasteiger partial charge in [-0.2, -0.15) is 0 Å². The summed E-state index contributed by atoms with van der Waals surface area (Å²) in [6.45, 7) is 5.74. The molecule has 24 heavy (non-hydrogen) atoms. The lowest BCUT2D eigenvalue weighted by atomic mass is 10.0. The van der Waals surface area contributed by atoms with Crippen LogP contribution in [0.25, 0.3) is 0 Å². The van der Waals surface area contributed by atoms with Gasteiger partial charge in [-0.25, -0.2) is 4.57 Å². The van der Waals surface area contributed by atoms with Crippen molar-refractivity contribution in [2.24, 2.45) is 0 Å². The van der Waals surface area contributed by atoms with Crippen LogP contribution >= 0.6 is 0 Å². The van der Waals surface area contributed by atoms with E-state index in [1.54, 1.807) is 0 Å². The summed E-state index contributed by atoms with van der Waals surface area (Å²) in [5.41, 5.74) is 1.48. The van der Waals surface area contributed by atoms with Gasteiger partial charge < -0.3 is 0 Å². The van der Waals surface area contributed by atoms with E-state index in [9.17, 15) is 0 Å². The molecule has 0 aliphatic carbocycles. The van der Waals surface area contributed by atoms with E-state index in [4.69, 9.17) is 0 Å². The highest BCUT2D eigenvalue weighted by atomic mass is 14.9. The Kier molecular flexibility index (Phi) is 13.8. The first-order chi connectivity index (χ1) is 11.9. The van der Waals surface area contributed by atoms with Gasteiger partial charge in [0.2, 0.25) is 0 Å². The van der Waals surface area contributed by atoms with E-state index in [-0.39, 0.29) is 0 Å². The Balaban J connectivity index is 1.88. The van der Waals surface area contributed by atoms with Crippen LogP contribution in [-0.4, -0.2) is 0 Å². The molecule has 0 radical (unpaired) electrons. The summed E-state index contributed by atoms with van der Waals surface area (Å²) in [7, 11) is 0. The van der Waals surface area contributed by atoms with Crippen molar-refractivity contribution < 1.29 is 4.57 Å². The quantitative estimate of drug-likeness (QED) is 0.226. The molecule has 1 rings (SSSR count). The van der Waals surface area contributed by atoms with Crippen molar-refractivity contribution in [3.05, 3.63) is 30.1 Å². The molecule has 1 heteroatoms. The normalized spacial score (nSPS) is 11.1. The molecule has 1 heterocycles. The number of nitrogens with zero attached hydrogens (tertiary/aromatic N) is 1. The molecular weight excluding hydrogens is 290 g/mol. The van der Waals surface area contributed by atoms with Crippen molar-refractivity contribution in [2.45, 2.75) is 117 Å². The van der Waals surface area contributed by atoms with E-state index in [2.05, 4.69) is 42.9 Å². The van der Waals surface area contributed by atoms with Crippen LogP contribution < -0.4 is 4.57 Å². The van der Waals surface area contributed by atoms with Gasteiger partial charge in [0.15, 0.2) is 12.4 Å². The molecule has 0 aromatic carbocycles. The molecule has 1 aromatic heterocycles. The predicted molar refractivity (Wildman–Crippen MR) is 106 cm³/mol. The molecule has 0 saturated heterocycles. The fraction of sp³-hybridized carbons (Fsp3) is 0.783. The molecule has 0 amide bonds. The maximum atomic E-state index is 2.38. The number of hydrogen-bond acceptors (Lipinski definition) is 0. The SMILES string of the molecule is CCCCCCCCCCCCCCC[n+]1cccc(CCC)c1. The van der Waals surface area contributed by atoms with E-state index in [1.165, 1.54) is 108 Å². The van der Waals surface area contributed by atoms with Crippen LogP contribution in [-0.2, 0) is 13.0 Å². The summed E-state index contributed by atoms with van der Waals surface area (Å²) in [6, 6.07) is 4.46. The Bertz CT molecular complexity index is 385. The fourth-order valence-electron chi connectivity index (χ4n) is 3.46. The van der Waals surface area contributed by atoms with Crippen LogP contribution in [0.2, 0.25) is 0 Å². The zero-order chi connectivity index (χ0) is 17.3. The molecule has 1 nitrogen and oxygen atoms in total. The van der Waals surface area contributed by atoms with E-state index < -0.39 is 0 Å². The fourth-order valence-corrected chi connectivity index (χ4v) is 3.46. The summed E-state index contributed by atoms with van der Waals surface area (Å²) in [5.74, 6) is 0. The minimum absolute atomic E-state index is 1.19. The lowest BCUT2D eigenvalue weighted by molar-refractivity contribution is -0.697. The third-order valence-electron chi connectivity index (χ3n) is 4.98. The van der Waals surface area contributed by atoms with Gasteiger partial charge in [0.25, 0.3) is 0 Å². The van der Waals surface area contributed by atoms with E-state index in [1.807, 2.05) is 0 Å². The average Bonchev–Trinajstić information content (AvgIpc) is 2.60. The summed E-state index contributed by atoms with van der Waals surface area (Å²) >= 11 is 0. The Morgan fingerprint density at radius 3 is 1.75 bits per heavy atom. The first kappa shape index (κ1) is 21.2. The van der Waals surface area contributed by atoms with Crippen molar-refractivity contribution in [3.8, 4) is 0 Å². The molecule has 0 aliphatic heterocycles. The number of aromatic nitrogens is 1. The van der Waals surface area contributed by atoms with Gasteiger partial charge in [-0.05, 0) is 18.9 Å². The summed E-state index contributed by atoms with van der Waals surface area (Å²) in [4.78, 5) is 0. The molecule has 0 atom stereocenters. The maximum Gasteiger partial charge on any atom is 0.171 e. The van der Waals surface area contributed by atoms with Crippen LogP contribution in [0, 0.1) is 0 Å². The van der Waals surface area contributed by atoms with Crippen LogP contribution in [0.5, 0.6) is 0 Å². The molecule has 0 bridgehead atoms. The molecule has 0 aliphatic rings. The zero-order valence-electron chi connectivity index (χ0n) is 16.6. The van der Waals surface area contributed by atoms with Gasteiger partial charge in [-0.1, -0.05) is 90.9 Å². The summed E-state index contributed by atoms with van der Waals surface area (Å²) < 4.78 is 2.38.